The number of hydrogen-bond acceptors (Lipinski definition) is 4. The van der Waals surface area contributed by atoms with Crippen LogP contribution in [0.25, 0.3) is 18.2 Å². The van der Waals surface area contributed by atoms with Crippen molar-refractivity contribution in [3.05, 3.63) is 113 Å². The van der Waals surface area contributed by atoms with Crippen LogP contribution in [0.3, 0.4) is 0 Å². The predicted octanol–water partition coefficient (Wildman–Crippen LogP) is 4.08. The number of fused-ring (bicyclic) bond motifs is 1. The van der Waals surface area contributed by atoms with Gasteiger partial charge in [-0.1, -0.05) is 91.1 Å². The lowest BCUT2D eigenvalue weighted by atomic mass is 9.92. The van der Waals surface area contributed by atoms with Gasteiger partial charge in [-0.2, -0.15) is 5.10 Å². The molecule has 5 N–H and O–H groups in total. The first-order valence-electron chi connectivity index (χ1n) is 10.2. The highest BCUT2D eigenvalue weighted by molar-refractivity contribution is 6.07. The van der Waals surface area contributed by atoms with Gasteiger partial charge in [-0.3, -0.25) is 4.99 Å². The average molecular weight is 408 g/mol. The van der Waals surface area contributed by atoms with Crippen molar-refractivity contribution in [2.24, 2.45) is 27.7 Å². The van der Waals surface area contributed by atoms with Gasteiger partial charge in [-0.25, -0.2) is 5.84 Å². The molecule has 0 saturated carbocycles. The highest BCUT2D eigenvalue weighted by atomic mass is 15.3. The van der Waals surface area contributed by atoms with E-state index in [4.69, 9.17) is 16.7 Å². The number of amidine groups is 1. The lowest BCUT2D eigenvalue weighted by Crippen LogP contribution is -2.32. The van der Waals surface area contributed by atoms with E-state index in [2.05, 4.69) is 89.5 Å². The maximum absolute atomic E-state index is 5.44. The number of aliphatic imine (C=N–C) groups is 1. The van der Waals surface area contributed by atoms with Gasteiger partial charge in [-0.15, -0.1) is 0 Å². The molecular weight excluding hydrogens is 382 g/mol. The molecule has 1 aliphatic heterocycles. The second-order valence-electron chi connectivity index (χ2n) is 7.33. The van der Waals surface area contributed by atoms with E-state index in [9.17, 15) is 0 Å². The minimum Gasteiger partial charge on any atom is -0.321 e. The molecule has 1 heterocycles. The van der Waals surface area contributed by atoms with Gasteiger partial charge < -0.3 is 11.3 Å². The van der Waals surface area contributed by atoms with Crippen LogP contribution in [0.1, 0.15) is 22.3 Å². The van der Waals surface area contributed by atoms with Crippen LogP contribution in [0, 0.1) is 5.92 Å². The van der Waals surface area contributed by atoms with Gasteiger partial charge in [0.05, 0.1) is 11.8 Å². The summed E-state index contributed by atoms with van der Waals surface area (Å²) < 4.78 is 0. The summed E-state index contributed by atoms with van der Waals surface area (Å²) in [5.74, 6) is 11.6. The molecule has 2 atom stereocenters. The molecule has 0 spiro atoms. The summed E-state index contributed by atoms with van der Waals surface area (Å²) in [4.78, 5) is 4.80. The molecule has 31 heavy (non-hydrogen) atoms. The fraction of sp³-hybridized carbons (Fsp3) is 0.0769. The molecule has 0 fully saturated rings. The van der Waals surface area contributed by atoms with Crippen LogP contribution in [-0.4, -0.2) is 17.6 Å². The molecule has 2 aliphatic rings. The Morgan fingerprint density at radius 2 is 1.58 bits per heavy atom. The molecule has 0 aromatic heterocycles. The zero-order chi connectivity index (χ0) is 21.5. The fourth-order valence-corrected chi connectivity index (χ4v) is 3.52. The maximum atomic E-state index is 5.44. The van der Waals surface area contributed by atoms with Crippen molar-refractivity contribution in [2.45, 2.75) is 6.04 Å². The Morgan fingerprint density at radius 3 is 2.32 bits per heavy atom. The van der Waals surface area contributed by atoms with E-state index in [0.717, 1.165) is 28.0 Å². The molecule has 1 aliphatic carbocycles. The summed E-state index contributed by atoms with van der Waals surface area (Å²) in [5, 5.41) is 3.65. The minimum absolute atomic E-state index is 0.216. The average Bonchev–Trinajstić information content (AvgIpc) is 2.83. The Morgan fingerprint density at radius 1 is 0.871 bits per heavy atom. The quantitative estimate of drug-likeness (QED) is 0.229. The van der Waals surface area contributed by atoms with Gasteiger partial charge >= 0.3 is 0 Å². The first-order chi connectivity index (χ1) is 15.2. The highest BCUT2D eigenvalue weighted by Gasteiger charge is 2.17. The van der Waals surface area contributed by atoms with E-state index < -0.39 is 0 Å². The Bertz CT molecular complexity index is 1130. The second kappa shape index (κ2) is 9.69. The van der Waals surface area contributed by atoms with E-state index in [1.807, 2.05) is 30.3 Å². The molecule has 0 saturated heterocycles. The molecule has 4 rings (SSSR count). The summed E-state index contributed by atoms with van der Waals surface area (Å²) in [7, 11) is 0. The van der Waals surface area contributed by atoms with Gasteiger partial charge in [0.1, 0.15) is 0 Å². The first-order valence-corrected chi connectivity index (χ1v) is 10.2. The standard InChI is InChI=1S/C26H25N5/c27-30-26(31-28)23-6-3-4-21(18-23)13-12-19-8-10-20(11-9-19)14-16-24-17-15-22-5-1-2-7-25(22)29-24/h1-18,22,25H,27-28H2,(H,30,31)/b13-12-,16-14+. The predicted molar refractivity (Wildman–Crippen MR) is 131 cm³/mol. The second-order valence-corrected chi connectivity index (χ2v) is 7.33. The SMILES string of the molecule is N/N=C(\NN)c1cccc(/C=C\c2ccc(/C=C/C3=NC4C=CC=CC4C=C3)cc2)c1. The zero-order valence-electron chi connectivity index (χ0n) is 17.1. The van der Waals surface area contributed by atoms with Crippen molar-refractivity contribution in [2.75, 3.05) is 0 Å². The molecule has 0 bridgehead atoms. The van der Waals surface area contributed by atoms with Crippen LogP contribution in [0.15, 0.2) is 101 Å². The Balaban J connectivity index is 1.41. The number of hydrogen-bond donors (Lipinski definition) is 3. The number of nitrogens with two attached hydrogens (primary N) is 2. The van der Waals surface area contributed by atoms with Gasteiger partial charge in [0, 0.05) is 11.5 Å². The minimum atomic E-state index is 0.216. The van der Waals surface area contributed by atoms with Crippen LogP contribution in [0.4, 0.5) is 0 Å². The van der Waals surface area contributed by atoms with Gasteiger partial charge in [0.2, 0.25) is 0 Å². The number of nitrogens with zero attached hydrogens (tertiary/aromatic N) is 2. The smallest absolute Gasteiger partial charge is 0.166 e. The van der Waals surface area contributed by atoms with Crippen molar-refractivity contribution in [1.82, 2.24) is 5.43 Å². The van der Waals surface area contributed by atoms with Crippen LogP contribution < -0.4 is 17.1 Å². The molecule has 154 valence electrons. The van der Waals surface area contributed by atoms with Crippen molar-refractivity contribution in [3.63, 3.8) is 0 Å². The summed E-state index contributed by atoms with van der Waals surface area (Å²) in [6, 6.07) is 16.4. The van der Waals surface area contributed by atoms with Crippen molar-refractivity contribution in [1.29, 1.82) is 0 Å². The van der Waals surface area contributed by atoms with E-state index in [1.54, 1.807) is 0 Å². The third-order valence-electron chi connectivity index (χ3n) is 5.21. The third-order valence-corrected chi connectivity index (χ3v) is 5.21. The van der Waals surface area contributed by atoms with Crippen LogP contribution in [0.2, 0.25) is 0 Å². The van der Waals surface area contributed by atoms with Gasteiger partial charge in [-0.05, 0) is 34.9 Å². The zero-order valence-corrected chi connectivity index (χ0v) is 17.1. The third kappa shape index (κ3) is 5.15. The normalized spacial score (nSPS) is 20.3. The van der Waals surface area contributed by atoms with E-state index in [-0.39, 0.29) is 6.04 Å². The number of dihydropyridines is 1. The molecule has 2 unspecified atom stereocenters. The van der Waals surface area contributed by atoms with Crippen LogP contribution in [0.5, 0.6) is 0 Å². The fourth-order valence-electron chi connectivity index (χ4n) is 3.52. The number of benzene rings is 2. The summed E-state index contributed by atoms with van der Waals surface area (Å²) in [6.45, 7) is 0. The Labute approximate surface area is 182 Å². The Kier molecular flexibility index (Phi) is 6.35. The molecule has 2 aromatic carbocycles. The molecule has 5 heteroatoms. The number of rotatable bonds is 5. The van der Waals surface area contributed by atoms with E-state index >= 15 is 0 Å². The monoisotopic (exact) mass is 407 g/mol. The summed E-state index contributed by atoms with van der Waals surface area (Å²) in [6.07, 6.45) is 21.1. The number of nitrogens with one attached hydrogen (secondary N) is 1. The van der Waals surface area contributed by atoms with Crippen molar-refractivity contribution in [3.8, 4) is 0 Å². The molecule has 2 aromatic rings. The molecular formula is C26H25N5. The van der Waals surface area contributed by atoms with Crippen LogP contribution in [-0.2, 0) is 0 Å². The van der Waals surface area contributed by atoms with Crippen LogP contribution >= 0.6 is 0 Å². The summed E-state index contributed by atoms with van der Waals surface area (Å²) >= 11 is 0. The van der Waals surface area contributed by atoms with E-state index in [1.165, 1.54) is 0 Å². The largest absolute Gasteiger partial charge is 0.321 e. The number of allylic oxidation sites excluding steroid dienone is 4. The summed E-state index contributed by atoms with van der Waals surface area (Å²) in [5.41, 5.74) is 7.61. The van der Waals surface area contributed by atoms with Crippen molar-refractivity contribution >= 4 is 29.8 Å². The maximum Gasteiger partial charge on any atom is 0.166 e. The number of hydrazone groups is 1. The lowest BCUT2D eigenvalue weighted by Gasteiger charge is -2.21. The Hall–Kier alpha value is -3.96. The van der Waals surface area contributed by atoms with Gasteiger partial charge in [0.15, 0.2) is 5.84 Å². The van der Waals surface area contributed by atoms with Gasteiger partial charge in [0.25, 0.3) is 0 Å². The number of hydrazine groups is 1. The lowest BCUT2D eigenvalue weighted by molar-refractivity contribution is 0.680. The molecule has 0 radical (unpaired) electrons. The molecule has 5 nitrogen and oxygen atoms in total. The molecule has 0 amide bonds. The highest BCUT2D eigenvalue weighted by Crippen LogP contribution is 2.21. The topological polar surface area (TPSA) is 88.8 Å². The first kappa shape index (κ1) is 20.3. The van der Waals surface area contributed by atoms with Crippen molar-refractivity contribution < 1.29 is 0 Å². The van der Waals surface area contributed by atoms with E-state index in [0.29, 0.717) is 11.8 Å².